The normalized spacial score (nSPS) is 16.6. The SMILES string of the molecule is O=C(NCC(Cl)C1CC1)c1c(Cl)cccc1Cl. The Labute approximate surface area is 115 Å². The first kappa shape index (κ1) is 13.0. The quantitative estimate of drug-likeness (QED) is 0.842. The van der Waals surface area contributed by atoms with Gasteiger partial charge in [-0.05, 0) is 30.9 Å². The molecule has 1 saturated carbocycles. The molecule has 2 nitrogen and oxygen atoms in total. The van der Waals surface area contributed by atoms with Crippen LogP contribution in [-0.2, 0) is 0 Å². The minimum Gasteiger partial charge on any atom is -0.350 e. The van der Waals surface area contributed by atoms with Gasteiger partial charge in [0.2, 0.25) is 0 Å². The summed E-state index contributed by atoms with van der Waals surface area (Å²) >= 11 is 18.0. The van der Waals surface area contributed by atoms with Crippen molar-refractivity contribution in [3.63, 3.8) is 0 Å². The molecule has 0 aliphatic heterocycles. The van der Waals surface area contributed by atoms with Gasteiger partial charge in [-0.25, -0.2) is 0 Å². The Morgan fingerprint density at radius 2 is 1.94 bits per heavy atom. The molecule has 0 heterocycles. The average Bonchev–Trinajstić information content (AvgIpc) is 3.09. The first-order valence-corrected chi connectivity index (χ1v) is 6.65. The lowest BCUT2D eigenvalue weighted by molar-refractivity contribution is 0.0953. The topological polar surface area (TPSA) is 29.1 Å². The van der Waals surface area contributed by atoms with Gasteiger partial charge in [-0.2, -0.15) is 0 Å². The van der Waals surface area contributed by atoms with Crippen LogP contribution in [0, 0.1) is 5.92 Å². The van der Waals surface area contributed by atoms with Crippen LogP contribution in [-0.4, -0.2) is 17.8 Å². The summed E-state index contributed by atoms with van der Waals surface area (Å²) in [5, 5.41) is 3.47. The molecule has 1 unspecified atom stereocenters. The average molecular weight is 293 g/mol. The third kappa shape index (κ3) is 3.27. The molecule has 1 aliphatic carbocycles. The highest BCUT2D eigenvalue weighted by atomic mass is 35.5. The minimum absolute atomic E-state index is 0.000197. The number of benzene rings is 1. The van der Waals surface area contributed by atoms with E-state index in [9.17, 15) is 4.79 Å². The number of hydrogen-bond acceptors (Lipinski definition) is 1. The number of carbonyl (C=O) groups excluding carboxylic acids is 1. The van der Waals surface area contributed by atoms with E-state index in [4.69, 9.17) is 34.8 Å². The summed E-state index contributed by atoms with van der Waals surface area (Å²) in [6.07, 6.45) is 2.30. The van der Waals surface area contributed by atoms with Crippen molar-refractivity contribution in [3.05, 3.63) is 33.8 Å². The summed E-state index contributed by atoms with van der Waals surface area (Å²) in [7, 11) is 0. The van der Waals surface area contributed by atoms with E-state index in [0.717, 1.165) is 12.8 Å². The van der Waals surface area contributed by atoms with Crippen molar-refractivity contribution in [2.75, 3.05) is 6.54 Å². The highest BCUT2D eigenvalue weighted by molar-refractivity contribution is 6.39. The Morgan fingerprint density at radius 3 is 2.47 bits per heavy atom. The molecular formula is C12H12Cl3NO. The van der Waals surface area contributed by atoms with E-state index in [0.29, 0.717) is 28.1 Å². The molecule has 2 rings (SSSR count). The van der Waals surface area contributed by atoms with Crippen LogP contribution in [0.15, 0.2) is 18.2 Å². The van der Waals surface area contributed by atoms with E-state index < -0.39 is 0 Å². The summed E-state index contributed by atoms with van der Waals surface area (Å²) in [5.41, 5.74) is 0.315. The standard InChI is InChI=1S/C12H12Cl3NO/c13-8-2-1-3-9(14)11(8)12(17)16-6-10(15)7-4-5-7/h1-3,7,10H,4-6H2,(H,16,17). The van der Waals surface area contributed by atoms with E-state index in [1.165, 1.54) is 0 Å². The molecule has 1 aromatic rings. The van der Waals surface area contributed by atoms with E-state index in [-0.39, 0.29) is 11.3 Å². The summed E-state index contributed by atoms with van der Waals surface area (Å²) in [6, 6.07) is 4.98. The number of hydrogen-bond donors (Lipinski definition) is 1. The summed E-state index contributed by atoms with van der Waals surface area (Å²) in [4.78, 5) is 11.9. The van der Waals surface area contributed by atoms with Crippen LogP contribution >= 0.6 is 34.8 Å². The van der Waals surface area contributed by atoms with Crippen molar-refractivity contribution >= 4 is 40.7 Å². The largest absolute Gasteiger partial charge is 0.350 e. The number of amides is 1. The Hall–Kier alpha value is -0.440. The number of rotatable bonds is 4. The van der Waals surface area contributed by atoms with Crippen LogP contribution in [0.2, 0.25) is 10.0 Å². The first-order chi connectivity index (χ1) is 8.09. The van der Waals surface area contributed by atoms with Crippen molar-refractivity contribution in [1.82, 2.24) is 5.32 Å². The van der Waals surface area contributed by atoms with Gasteiger partial charge in [-0.1, -0.05) is 29.3 Å². The van der Waals surface area contributed by atoms with Crippen LogP contribution in [0.4, 0.5) is 0 Å². The predicted octanol–water partition coefficient (Wildman–Crippen LogP) is 3.74. The molecule has 0 saturated heterocycles. The number of carbonyl (C=O) groups is 1. The molecule has 0 aromatic heterocycles. The van der Waals surface area contributed by atoms with E-state index in [2.05, 4.69) is 5.32 Å². The lowest BCUT2D eigenvalue weighted by atomic mass is 10.2. The smallest absolute Gasteiger partial charge is 0.254 e. The van der Waals surface area contributed by atoms with Gasteiger partial charge in [-0.3, -0.25) is 4.79 Å². The van der Waals surface area contributed by atoms with Crippen LogP contribution in [0.1, 0.15) is 23.2 Å². The van der Waals surface area contributed by atoms with E-state index in [1.807, 2.05) is 0 Å². The van der Waals surface area contributed by atoms with E-state index >= 15 is 0 Å². The fourth-order valence-electron chi connectivity index (χ4n) is 1.62. The van der Waals surface area contributed by atoms with Crippen LogP contribution in [0.5, 0.6) is 0 Å². The molecule has 1 aromatic carbocycles. The molecule has 0 spiro atoms. The second-order valence-corrected chi connectivity index (χ2v) is 5.54. The molecule has 0 radical (unpaired) electrons. The number of alkyl halides is 1. The summed E-state index contributed by atoms with van der Waals surface area (Å²) < 4.78 is 0. The fourth-order valence-corrected chi connectivity index (χ4v) is 2.52. The highest BCUT2D eigenvalue weighted by Gasteiger charge is 2.30. The monoisotopic (exact) mass is 291 g/mol. The van der Waals surface area contributed by atoms with E-state index in [1.54, 1.807) is 18.2 Å². The van der Waals surface area contributed by atoms with Crippen molar-refractivity contribution < 1.29 is 4.79 Å². The molecular weight excluding hydrogens is 280 g/mol. The van der Waals surface area contributed by atoms with Crippen LogP contribution in [0.3, 0.4) is 0 Å². The van der Waals surface area contributed by atoms with Gasteiger partial charge < -0.3 is 5.32 Å². The molecule has 1 N–H and O–H groups in total. The van der Waals surface area contributed by atoms with Crippen molar-refractivity contribution in [1.29, 1.82) is 0 Å². The summed E-state index contributed by atoms with van der Waals surface area (Å²) in [5.74, 6) is 0.269. The second-order valence-electron chi connectivity index (χ2n) is 4.16. The first-order valence-electron chi connectivity index (χ1n) is 5.46. The van der Waals surface area contributed by atoms with Crippen LogP contribution < -0.4 is 5.32 Å². The molecule has 1 fully saturated rings. The zero-order valence-corrected chi connectivity index (χ0v) is 11.3. The van der Waals surface area contributed by atoms with Gasteiger partial charge in [0.15, 0.2) is 0 Å². The second kappa shape index (κ2) is 5.47. The Bertz CT molecular complexity index is 412. The molecule has 1 amide bonds. The van der Waals surface area contributed by atoms with Crippen molar-refractivity contribution in [2.24, 2.45) is 5.92 Å². The minimum atomic E-state index is -0.271. The third-order valence-electron chi connectivity index (χ3n) is 2.78. The molecule has 0 bridgehead atoms. The van der Waals surface area contributed by atoms with Gasteiger partial charge in [0, 0.05) is 6.54 Å². The molecule has 17 heavy (non-hydrogen) atoms. The van der Waals surface area contributed by atoms with Gasteiger partial charge in [0.05, 0.1) is 21.0 Å². The Kier molecular flexibility index (Phi) is 4.18. The maximum absolute atomic E-state index is 11.9. The maximum atomic E-state index is 11.9. The Morgan fingerprint density at radius 1 is 1.35 bits per heavy atom. The highest BCUT2D eigenvalue weighted by Crippen LogP contribution is 2.35. The summed E-state index contributed by atoms with van der Waals surface area (Å²) in [6.45, 7) is 0.451. The van der Waals surface area contributed by atoms with Gasteiger partial charge in [-0.15, -0.1) is 11.6 Å². The predicted molar refractivity (Wildman–Crippen MR) is 71.2 cm³/mol. The lowest BCUT2D eigenvalue weighted by Crippen LogP contribution is -2.31. The zero-order valence-electron chi connectivity index (χ0n) is 9.05. The molecule has 92 valence electrons. The van der Waals surface area contributed by atoms with Gasteiger partial charge >= 0.3 is 0 Å². The maximum Gasteiger partial charge on any atom is 0.254 e. The van der Waals surface area contributed by atoms with Gasteiger partial charge in [0.1, 0.15) is 0 Å². The third-order valence-corrected chi connectivity index (χ3v) is 3.92. The number of halogens is 3. The number of nitrogens with one attached hydrogen (secondary N) is 1. The fraction of sp³-hybridized carbons (Fsp3) is 0.417. The molecule has 1 aliphatic rings. The van der Waals surface area contributed by atoms with Crippen molar-refractivity contribution in [2.45, 2.75) is 18.2 Å². The van der Waals surface area contributed by atoms with Crippen LogP contribution in [0.25, 0.3) is 0 Å². The Balaban J connectivity index is 1.99. The van der Waals surface area contributed by atoms with Gasteiger partial charge in [0.25, 0.3) is 5.91 Å². The lowest BCUT2D eigenvalue weighted by Gasteiger charge is -2.11. The molecule has 1 atom stereocenters. The van der Waals surface area contributed by atoms with Crippen molar-refractivity contribution in [3.8, 4) is 0 Å². The zero-order chi connectivity index (χ0) is 12.4. The molecule has 5 heteroatoms.